The second kappa shape index (κ2) is 16.4. The lowest BCUT2D eigenvalue weighted by molar-refractivity contribution is -0.102. The minimum absolute atomic E-state index is 0.159. The van der Waals surface area contributed by atoms with Crippen LogP contribution in [-0.2, 0) is 4.79 Å². The number of aliphatic imine (C=N–C) groups is 1. The molecule has 2 aromatic carbocycles. The van der Waals surface area contributed by atoms with E-state index in [9.17, 15) is 14.0 Å². The summed E-state index contributed by atoms with van der Waals surface area (Å²) < 4.78 is 13.6. The van der Waals surface area contributed by atoms with E-state index in [-0.39, 0.29) is 17.3 Å². The summed E-state index contributed by atoms with van der Waals surface area (Å²) in [7, 11) is 4.11. The Morgan fingerprint density at radius 1 is 1.00 bits per heavy atom. The van der Waals surface area contributed by atoms with Crippen LogP contribution in [0.5, 0.6) is 0 Å². The molecule has 5 nitrogen and oxygen atoms in total. The lowest BCUT2D eigenvalue weighted by atomic mass is 9.69. The van der Waals surface area contributed by atoms with Gasteiger partial charge in [-0.1, -0.05) is 71.2 Å². The zero-order chi connectivity index (χ0) is 31.5. The summed E-state index contributed by atoms with van der Waals surface area (Å²) in [5.74, 6) is 0.792. The van der Waals surface area contributed by atoms with Crippen molar-refractivity contribution in [2.45, 2.75) is 104 Å². The summed E-state index contributed by atoms with van der Waals surface area (Å²) >= 11 is 0. The first kappa shape index (κ1) is 34.8. The summed E-state index contributed by atoms with van der Waals surface area (Å²) in [4.78, 5) is 31.0. The van der Waals surface area contributed by atoms with Gasteiger partial charge in [-0.2, -0.15) is 0 Å². The van der Waals surface area contributed by atoms with E-state index in [1.165, 1.54) is 43.4 Å². The maximum absolute atomic E-state index is 13.6. The van der Waals surface area contributed by atoms with Crippen molar-refractivity contribution < 1.29 is 14.0 Å². The third-order valence-corrected chi connectivity index (χ3v) is 9.00. The second-order valence-corrected chi connectivity index (χ2v) is 13.6. The molecule has 43 heavy (non-hydrogen) atoms. The predicted octanol–water partition coefficient (Wildman–Crippen LogP) is 8.43. The van der Waals surface area contributed by atoms with Gasteiger partial charge in [-0.3, -0.25) is 19.5 Å². The molecule has 3 aliphatic rings. The van der Waals surface area contributed by atoms with Crippen LogP contribution in [0, 0.1) is 23.1 Å². The molecular formula is C37H54FN3O2. The molecule has 6 heteroatoms. The van der Waals surface area contributed by atoms with Gasteiger partial charge in [-0.25, -0.2) is 4.39 Å². The van der Waals surface area contributed by atoms with Gasteiger partial charge in [-0.05, 0) is 113 Å². The van der Waals surface area contributed by atoms with E-state index in [1.807, 2.05) is 19.2 Å². The fourth-order valence-corrected chi connectivity index (χ4v) is 6.00. The summed E-state index contributed by atoms with van der Waals surface area (Å²) in [5.41, 5.74) is 2.57. The number of nitrogens with zero attached hydrogens (tertiary/aromatic N) is 2. The Bertz CT molecular complexity index is 1150. The Hall–Kier alpha value is -2.70. The Labute approximate surface area is 259 Å². The molecule has 1 unspecified atom stereocenters. The maximum atomic E-state index is 13.6. The third-order valence-electron chi connectivity index (χ3n) is 9.00. The molecule has 0 bridgehead atoms. The summed E-state index contributed by atoms with van der Waals surface area (Å²) in [6, 6.07) is 14.1. The SMILES string of the molecule is C1CC1.CCCNC.CN(C(c1ccc(C=O)cc1)C1CC1)C1(/N=C(\C=O)c2ccc(F)cc2)CCC(C(C)(C)C)CC1. The first-order chi connectivity index (χ1) is 20.6. The fraction of sp³-hybridized carbons (Fsp3) is 0.595. The minimum atomic E-state index is -0.525. The van der Waals surface area contributed by atoms with Crippen LogP contribution in [0.3, 0.4) is 0 Å². The van der Waals surface area contributed by atoms with Crippen molar-refractivity contribution in [1.29, 1.82) is 0 Å². The summed E-state index contributed by atoms with van der Waals surface area (Å²) in [5, 5.41) is 3.02. The molecule has 0 saturated heterocycles. The molecule has 0 amide bonds. The second-order valence-electron chi connectivity index (χ2n) is 13.6. The molecular weight excluding hydrogens is 537 g/mol. The highest BCUT2D eigenvalue weighted by Gasteiger charge is 2.47. The van der Waals surface area contributed by atoms with E-state index in [4.69, 9.17) is 4.99 Å². The van der Waals surface area contributed by atoms with Gasteiger partial charge in [-0.15, -0.1) is 0 Å². The maximum Gasteiger partial charge on any atom is 0.168 e. The Kier molecular flexibility index (Phi) is 13.3. The van der Waals surface area contributed by atoms with Crippen molar-refractivity contribution in [1.82, 2.24) is 10.2 Å². The first-order valence-corrected chi connectivity index (χ1v) is 16.3. The zero-order valence-electron chi connectivity index (χ0n) is 27.4. The molecule has 1 N–H and O–H groups in total. The third kappa shape index (κ3) is 10.5. The number of rotatable bonds is 10. The summed E-state index contributed by atoms with van der Waals surface area (Å²) in [6.45, 7) is 10.2. The molecule has 5 rings (SSSR count). The number of carbonyl (C=O) groups is 2. The van der Waals surface area contributed by atoms with Crippen LogP contribution in [0.2, 0.25) is 0 Å². The number of benzene rings is 2. The number of carbonyl (C=O) groups excluding carboxylic acids is 2. The van der Waals surface area contributed by atoms with E-state index in [0.717, 1.165) is 57.6 Å². The zero-order valence-corrected chi connectivity index (χ0v) is 27.4. The van der Waals surface area contributed by atoms with Crippen molar-refractivity contribution in [2.75, 3.05) is 20.6 Å². The number of hydrogen-bond acceptors (Lipinski definition) is 5. The molecule has 0 radical (unpaired) electrons. The van der Waals surface area contributed by atoms with Crippen LogP contribution in [0.1, 0.15) is 119 Å². The Morgan fingerprint density at radius 2 is 1.58 bits per heavy atom. The number of hydrogen-bond donors (Lipinski definition) is 1. The predicted molar refractivity (Wildman–Crippen MR) is 176 cm³/mol. The molecule has 3 saturated carbocycles. The van der Waals surface area contributed by atoms with Crippen LogP contribution in [-0.4, -0.2) is 49.5 Å². The lowest BCUT2D eigenvalue weighted by Gasteiger charge is -2.49. The number of aldehydes is 2. The van der Waals surface area contributed by atoms with Gasteiger partial charge in [0.25, 0.3) is 0 Å². The smallest absolute Gasteiger partial charge is 0.168 e. The van der Waals surface area contributed by atoms with Gasteiger partial charge in [0.2, 0.25) is 0 Å². The van der Waals surface area contributed by atoms with E-state index < -0.39 is 5.66 Å². The molecule has 0 aromatic heterocycles. The van der Waals surface area contributed by atoms with Crippen LogP contribution >= 0.6 is 0 Å². The van der Waals surface area contributed by atoms with Crippen LogP contribution in [0.25, 0.3) is 0 Å². The number of nitrogens with one attached hydrogen (secondary N) is 1. The van der Waals surface area contributed by atoms with E-state index in [0.29, 0.717) is 28.7 Å². The molecule has 1 atom stereocenters. The quantitative estimate of drug-likeness (QED) is 0.223. The van der Waals surface area contributed by atoms with Gasteiger partial charge in [0, 0.05) is 17.2 Å². The van der Waals surface area contributed by atoms with Gasteiger partial charge < -0.3 is 5.32 Å². The molecule has 2 aromatic rings. The normalized spacial score (nSPS) is 22.4. The van der Waals surface area contributed by atoms with Crippen LogP contribution in [0.4, 0.5) is 4.39 Å². The highest BCUT2D eigenvalue weighted by molar-refractivity contribution is 6.36. The highest BCUT2D eigenvalue weighted by atomic mass is 19.1. The lowest BCUT2D eigenvalue weighted by Crippen LogP contribution is -2.51. The van der Waals surface area contributed by atoms with Crippen molar-refractivity contribution in [3.8, 4) is 0 Å². The topological polar surface area (TPSA) is 61.8 Å². The number of halogens is 1. The Balaban J connectivity index is 0.000000555. The van der Waals surface area contributed by atoms with E-state index in [2.05, 4.69) is 57.1 Å². The largest absolute Gasteiger partial charge is 0.320 e. The van der Waals surface area contributed by atoms with E-state index in [1.54, 1.807) is 12.1 Å². The van der Waals surface area contributed by atoms with Crippen molar-refractivity contribution >= 4 is 18.3 Å². The van der Waals surface area contributed by atoms with E-state index >= 15 is 0 Å². The molecule has 3 aliphatic carbocycles. The van der Waals surface area contributed by atoms with Gasteiger partial charge in [0.1, 0.15) is 23.5 Å². The minimum Gasteiger partial charge on any atom is -0.320 e. The molecule has 3 fully saturated rings. The fourth-order valence-electron chi connectivity index (χ4n) is 6.00. The van der Waals surface area contributed by atoms with Gasteiger partial charge in [0.15, 0.2) is 6.29 Å². The average Bonchev–Trinajstić information content (AvgIpc) is 3.91. The van der Waals surface area contributed by atoms with Crippen molar-refractivity contribution in [2.24, 2.45) is 22.2 Å². The van der Waals surface area contributed by atoms with Crippen molar-refractivity contribution in [3.63, 3.8) is 0 Å². The molecule has 0 spiro atoms. The average molecular weight is 592 g/mol. The van der Waals surface area contributed by atoms with Gasteiger partial charge >= 0.3 is 0 Å². The molecule has 0 heterocycles. The monoisotopic (exact) mass is 591 g/mol. The summed E-state index contributed by atoms with van der Waals surface area (Å²) in [6.07, 6.45) is 13.5. The van der Waals surface area contributed by atoms with Gasteiger partial charge in [0.05, 0.1) is 0 Å². The first-order valence-electron chi connectivity index (χ1n) is 16.3. The molecule has 0 aliphatic heterocycles. The highest BCUT2D eigenvalue weighted by Crippen LogP contribution is 2.51. The van der Waals surface area contributed by atoms with Crippen LogP contribution < -0.4 is 5.32 Å². The standard InChI is InChI=1S/C30H37FN2O2.C4H11N.C3H6/c1-29(2,3)25-15-17-30(18-16-25,32-27(20-35)22-11-13-26(31)14-12-22)33(4)28(24-9-10-24)23-7-5-21(19-34)6-8-23;1-3-4-5-2;1-2-3-1/h5-8,11-14,19-20,24-25,28H,9-10,15-18H2,1-4H3;5H,3-4H2,1-2H3;1-3H2/b32-27+;;. The van der Waals surface area contributed by atoms with Crippen molar-refractivity contribution in [3.05, 3.63) is 71.0 Å². The molecule has 236 valence electrons. The van der Waals surface area contributed by atoms with Crippen LogP contribution in [0.15, 0.2) is 53.5 Å². The Morgan fingerprint density at radius 3 is 1.98 bits per heavy atom.